The van der Waals surface area contributed by atoms with E-state index in [1.54, 1.807) is 0 Å². The summed E-state index contributed by atoms with van der Waals surface area (Å²) in [5, 5.41) is 0.325. The zero-order valence-electron chi connectivity index (χ0n) is 14.7. The van der Waals surface area contributed by atoms with E-state index in [2.05, 4.69) is 15.8 Å². The summed E-state index contributed by atoms with van der Waals surface area (Å²) in [7, 11) is 2.74. The molecule has 0 aliphatic carbocycles. The lowest BCUT2D eigenvalue weighted by Gasteiger charge is -2.09. The summed E-state index contributed by atoms with van der Waals surface area (Å²) in [5.41, 5.74) is 3.60. The molecule has 12 heteroatoms. The second-order valence-electron chi connectivity index (χ2n) is 5.85. The number of carbonyl (C=O) groups excluding carboxylic acids is 2. The highest BCUT2D eigenvalue weighted by atomic mass is 35.5. The van der Waals surface area contributed by atoms with E-state index < -0.39 is 29.6 Å². The number of benzene rings is 1. The van der Waals surface area contributed by atoms with Crippen molar-refractivity contribution in [1.29, 1.82) is 0 Å². The van der Waals surface area contributed by atoms with Crippen molar-refractivity contribution >= 4 is 46.2 Å². The SMILES string of the molecule is Cn1c(=O)c2c(nc(Cl)n2CC(=O)NNC(=O)c2ccc(Cl)cc2)n(C)c1=O. The van der Waals surface area contributed by atoms with E-state index in [1.807, 2.05) is 0 Å². The van der Waals surface area contributed by atoms with Crippen LogP contribution in [0.3, 0.4) is 0 Å². The minimum atomic E-state index is -0.653. The number of rotatable bonds is 3. The maximum absolute atomic E-state index is 12.4. The van der Waals surface area contributed by atoms with Gasteiger partial charge in [0.05, 0.1) is 0 Å². The zero-order valence-corrected chi connectivity index (χ0v) is 16.2. The van der Waals surface area contributed by atoms with E-state index in [0.29, 0.717) is 10.6 Å². The number of hydrogen-bond donors (Lipinski definition) is 2. The molecule has 3 aromatic rings. The van der Waals surface area contributed by atoms with Crippen LogP contribution in [0.25, 0.3) is 11.2 Å². The molecule has 0 spiro atoms. The van der Waals surface area contributed by atoms with Gasteiger partial charge in [-0.15, -0.1) is 0 Å². The summed E-state index contributed by atoms with van der Waals surface area (Å²) in [4.78, 5) is 52.6. The summed E-state index contributed by atoms with van der Waals surface area (Å²) in [6.45, 7) is -0.399. The Hall–Kier alpha value is -3.11. The lowest BCUT2D eigenvalue weighted by Crippen LogP contribution is -2.43. The molecular formula is C16H14Cl2N6O4. The van der Waals surface area contributed by atoms with Crippen LogP contribution in [0, 0.1) is 0 Å². The van der Waals surface area contributed by atoms with Crippen molar-refractivity contribution in [2.45, 2.75) is 6.54 Å². The van der Waals surface area contributed by atoms with Crippen LogP contribution in [0.15, 0.2) is 33.9 Å². The van der Waals surface area contributed by atoms with Gasteiger partial charge in [-0.3, -0.25) is 38.9 Å². The monoisotopic (exact) mass is 424 g/mol. The number of hydrogen-bond acceptors (Lipinski definition) is 5. The van der Waals surface area contributed by atoms with Gasteiger partial charge in [-0.25, -0.2) is 4.79 Å². The first-order valence-electron chi connectivity index (χ1n) is 7.87. The van der Waals surface area contributed by atoms with Gasteiger partial charge in [-0.1, -0.05) is 11.6 Å². The average Bonchev–Trinajstić information content (AvgIpc) is 2.99. The fourth-order valence-electron chi connectivity index (χ4n) is 2.55. The molecule has 0 aliphatic heterocycles. The number of carbonyl (C=O) groups is 2. The maximum atomic E-state index is 12.4. The number of imidazole rings is 1. The summed E-state index contributed by atoms with van der Waals surface area (Å²) in [6, 6.07) is 6.06. The van der Waals surface area contributed by atoms with Crippen molar-refractivity contribution in [1.82, 2.24) is 29.5 Å². The third-order valence-corrected chi connectivity index (χ3v) is 4.57. The van der Waals surface area contributed by atoms with Crippen LogP contribution < -0.4 is 22.1 Å². The molecule has 1 aromatic carbocycles. The Labute approximate surface area is 167 Å². The molecule has 0 unspecified atom stereocenters. The Morgan fingerprint density at radius 3 is 2.32 bits per heavy atom. The maximum Gasteiger partial charge on any atom is 0.332 e. The Morgan fingerprint density at radius 2 is 1.68 bits per heavy atom. The van der Waals surface area contributed by atoms with Gasteiger partial charge >= 0.3 is 5.69 Å². The number of halogens is 2. The second kappa shape index (κ2) is 7.49. The molecule has 0 radical (unpaired) electrons. The number of nitrogens with zero attached hydrogens (tertiary/aromatic N) is 4. The van der Waals surface area contributed by atoms with Crippen molar-refractivity contribution in [3.63, 3.8) is 0 Å². The van der Waals surface area contributed by atoms with Crippen LogP contribution >= 0.6 is 23.2 Å². The highest BCUT2D eigenvalue weighted by molar-refractivity contribution is 6.30. The first-order chi connectivity index (χ1) is 13.2. The molecule has 2 amide bonds. The molecule has 10 nitrogen and oxygen atoms in total. The van der Waals surface area contributed by atoms with Crippen LogP contribution in [0.5, 0.6) is 0 Å². The van der Waals surface area contributed by atoms with E-state index in [0.717, 1.165) is 13.7 Å². The van der Waals surface area contributed by atoms with Crippen molar-refractivity contribution in [3.8, 4) is 0 Å². The van der Waals surface area contributed by atoms with Crippen molar-refractivity contribution < 1.29 is 9.59 Å². The van der Waals surface area contributed by atoms with Crippen LogP contribution in [0.4, 0.5) is 0 Å². The Morgan fingerprint density at radius 1 is 1.04 bits per heavy atom. The number of aromatic nitrogens is 4. The fraction of sp³-hybridized carbons (Fsp3) is 0.188. The highest BCUT2D eigenvalue weighted by Crippen LogP contribution is 2.15. The second-order valence-corrected chi connectivity index (χ2v) is 6.63. The predicted octanol–water partition coefficient (Wildman–Crippen LogP) is 0.202. The van der Waals surface area contributed by atoms with Crippen LogP contribution in [0.2, 0.25) is 10.3 Å². The zero-order chi connectivity index (χ0) is 20.6. The van der Waals surface area contributed by atoms with Crippen molar-refractivity contribution in [2.24, 2.45) is 14.1 Å². The lowest BCUT2D eigenvalue weighted by molar-refractivity contribution is -0.122. The molecule has 28 heavy (non-hydrogen) atoms. The quantitative estimate of drug-likeness (QED) is 0.459. The summed E-state index contributed by atoms with van der Waals surface area (Å²) >= 11 is 11.8. The Balaban J connectivity index is 1.81. The molecule has 0 saturated heterocycles. The topological polar surface area (TPSA) is 120 Å². The van der Waals surface area contributed by atoms with E-state index in [9.17, 15) is 19.2 Å². The predicted molar refractivity (Wildman–Crippen MR) is 102 cm³/mol. The molecular weight excluding hydrogens is 411 g/mol. The minimum Gasteiger partial charge on any atom is -0.299 e. The lowest BCUT2D eigenvalue weighted by atomic mass is 10.2. The highest BCUT2D eigenvalue weighted by Gasteiger charge is 2.20. The number of fused-ring (bicyclic) bond motifs is 1. The first kappa shape index (κ1) is 19.6. The van der Waals surface area contributed by atoms with Crippen molar-refractivity contribution in [2.75, 3.05) is 0 Å². The van der Waals surface area contributed by atoms with Gasteiger partial charge in [-0.05, 0) is 35.9 Å². The molecule has 0 bridgehead atoms. The molecule has 2 N–H and O–H groups in total. The first-order valence-corrected chi connectivity index (χ1v) is 8.62. The summed E-state index contributed by atoms with van der Waals surface area (Å²) in [6.07, 6.45) is 0. The molecule has 3 rings (SSSR count). The largest absolute Gasteiger partial charge is 0.332 e. The van der Waals surface area contributed by atoms with Gasteiger partial charge in [0.2, 0.25) is 5.28 Å². The van der Waals surface area contributed by atoms with Gasteiger partial charge in [0.25, 0.3) is 17.4 Å². The standard InChI is InChI=1S/C16H14Cl2N6O4/c1-22-12-11(14(27)23(2)16(22)28)24(15(18)19-12)7-10(25)20-21-13(26)8-3-5-9(17)6-4-8/h3-6H,7H2,1-2H3,(H,20,25)(H,21,26). The molecule has 0 aliphatic rings. The number of amides is 2. The number of nitrogens with one attached hydrogen (secondary N) is 2. The van der Waals surface area contributed by atoms with E-state index >= 15 is 0 Å². The molecule has 0 saturated carbocycles. The third-order valence-electron chi connectivity index (χ3n) is 4.02. The van der Waals surface area contributed by atoms with Crippen molar-refractivity contribution in [3.05, 3.63) is 61.0 Å². The van der Waals surface area contributed by atoms with Gasteiger partial charge in [0, 0.05) is 24.7 Å². The number of hydrazine groups is 1. The van der Waals surface area contributed by atoms with Gasteiger partial charge in [0.15, 0.2) is 11.2 Å². The smallest absolute Gasteiger partial charge is 0.299 e. The van der Waals surface area contributed by atoms with Gasteiger partial charge in [-0.2, -0.15) is 4.98 Å². The van der Waals surface area contributed by atoms with E-state index in [-0.39, 0.29) is 16.4 Å². The van der Waals surface area contributed by atoms with E-state index in [1.165, 1.54) is 38.4 Å². The van der Waals surface area contributed by atoms with Gasteiger partial charge < -0.3 is 0 Å². The van der Waals surface area contributed by atoms with E-state index in [4.69, 9.17) is 23.2 Å². The normalized spacial score (nSPS) is 10.9. The van der Waals surface area contributed by atoms with Crippen LogP contribution in [0.1, 0.15) is 10.4 Å². The van der Waals surface area contributed by atoms with Crippen LogP contribution in [-0.4, -0.2) is 30.5 Å². The molecule has 2 aromatic heterocycles. The molecule has 0 atom stereocenters. The van der Waals surface area contributed by atoms with Crippen LogP contribution in [-0.2, 0) is 25.4 Å². The Kier molecular flexibility index (Phi) is 5.25. The van der Waals surface area contributed by atoms with Gasteiger partial charge in [0.1, 0.15) is 6.54 Å². The molecule has 146 valence electrons. The fourth-order valence-corrected chi connectivity index (χ4v) is 2.90. The third kappa shape index (κ3) is 3.51. The average molecular weight is 425 g/mol. The number of aryl methyl sites for hydroxylation is 1. The molecule has 2 heterocycles. The summed E-state index contributed by atoms with van der Waals surface area (Å²) < 4.78 is 3.19. The Bertz CT molecular complexity index is 1210. The summed E-state index contributed by atoms with van der Waals surface area (Å²) in [5.74, 6) is -1.20. The minimum absolute atomic E-state index is 0.00576. The molecule has 0 fully saturated rings.